The van der Waals surface area contributed by atoms with Gasteiger partial charge in [-0.25, -0.2) is 4.79 Å². The number of hydrogen-bond acceptors (Lipinski definition) is 4. The Kier molecular flexibility index (Phi) is 6.99. The largest absolute Gasteiger partial charge is 0.452 e. The maximum atomic E-state index is 12.7. The minimum absolute atomic E-state index is 0.116. The highest BCUT2D eigenvalue weighted by Crippen LogP contribution is 2.17. The summed E-state index contributed by atoms with van der Waals surface area (Å²) in [4.78, 5) is 37.5. The van der Waals surface area contributed by atoms with Crippen molar-refractivity contribution in [3.63, 3.8) is 0 Å². The summed E-state index contributed by atoms with van der Waals surface area (Å²) in [7, 11) is 0. The van der Waals surface area contributed by atoms with Crippen molar-refractivity contribution in [2.24, 2.45) is 0 Å². The first kappa shape index (κ1) is 21.3. The van der Waals surface area contributed by atoms with Gasteiger partial charge in [-0.05, 0) is 30.7 Å². The minimum atomic E-state index is -0.732. The van der Waals surface area contributed by atoms with Gasteiger partial charge in [0.2, 0.25) is 0 Å². The third-order valence-electron chi connectivity index (χ3n) is 4.51. The average molecular weight is 422 g/mol. The number of ether oxygens (including phenoxy) is 1. The number of carbonyl (C=O) groups excluding carboxylic acids is 3. The van der Waals surface area contributed by atoms with Crippen molar-refractivity contribution < 1.29 is 19.1 Å². The highest BCUT2D eigenvalue weighted by Gasteiger charge is 2.20. The second kappa shape index (κ2) is 9.85. The van der Waals surface area contributed by atoms with Crippen molar-refractivity contribution in [3.8, 4) is 0 Å². The SMILES string of the molecule is C[C@@H](NC(=O)COC(=O)c1ccccc1C(=O)c1ccccc1)c1ccc(Cl)cc1. The molecule has 1 amide bonds. The van der Waals surface area contributed by atoms with Crippen molar-refractivity contribution in [1.29, 1.82) is 0 Å². The lowest BCUT2D eigenvalue weighted by Gasteiger charge is -2.15. The van der Waals surface area contributed by atoms with Crippen molar-refractivity contribution in [2.45, 2.75) is 13.0 Å². The fourth-order valence-corrected chi connectivity index (χ4v) is 3.06. The molecule has 0 spiro atoms. The van der Waals surface area contributed by atoms with E-state index >= 15 is 0 Å². The third-order valence-corrected chi connectivity index (χ3v) is 4.76. The van der Waals surface area contributed by atoms with Gasteiger partial charge in [-0.3, -0.25) is 9.59 Å². The van der Waals surface area contributed by atoms with E-state index in [2.05, 4.69) is 5.32 Å². The molecule has 0 radical (unpaired) electrons. The molecule has 0 saturated carbocycles. The molecule has 0 unspecified atom stereocenters. The molecule has 0 fully saturated rings. The van der Waals surface area contributed by atoms with E-state index in [4.69, 9.17) is 16.3 Å². The standard InChI is InChI=1S/C24H20ClNO4/c1-16(17-11-13-19(25)14-12-17)26-22(27)15-30-24(29)21-10-6-5-9-20(21)23(28)18-7-3-2-4-8-18/h2-14,16H,15H2,1H3,(H,26,27)/t16-/m1/s1. The van der Waals surface area contributed by atoms with Crippen LogP contribution in [0.4, 0.5) is 0 Å². The number of benzene rings is 3. The predicted octanol–water partition coefficient (Wildman–Crippen LogP) is 4.61. The molecule has 0 aliphatic heterocycles. The summed E-state index contributed by atoms with van der Waals surface area (Å²) < 4.78 is 5.15. The van der Waals surface area contributed by atoms with Gasteiger partial charge in [-0.2, -0.15) is 0 Å². The van der Waals surface area contributed by atoms with E-state index in [9.17, 15) is 14.4 Å². The van der Waals surface area contributed by atoms with E-state index in [1.165, 1.54) is 6.07 Å². The second-order valence-corrected chi connectivity index (χ2v) is 7.09. The summed E-state index contributed by atoms with van der Waals surface area (Å²) in [6.45, 7) is 1.36. The summed E-state index contributed by atoms with van der Waals surface area (Å²) in [5, 5.41) is 3.37. The van der Waals surface area contributed by atoms with E-state index in [0.29, 0.717) is 10.6 Å². The van der Waals surface area contributed by atoms with Crippen LogP contribution in [0, 0.1) is 0 Å². The first-order chi connectivity index (χ1) is 14.5. The van der Waals surface area contributed by atoms with Crippen molar-refractivity contribution in [1.82, 2.24) is 5.32 Å². The van der Waals surface area contributed by atoms with E-state index in [0.717, 1.165) is 5.56 Å². The molecule has 0 aliphatic carbocycles. The Balaban J connectivity index is 1.63. The molecule has 1 N–H and O–H groups in total. The number of carbonyl (C=O) groups is 3. The predicted molar refractivity (Wildman–Crippen MR) is 115 cm³/mol. The maximum absolute atomic E-state index is 12.7. The molecule has 0 heterocycles. The van der Waals surface area contributed by atoms with Gasteiger partial charge in [-0.15, -0.1) is 0 Å². The first-order valence-electron chi connectivity index (χ1n) is 9.36. The molecule has 1 atom stereocenters. The number of hydrogen-bond donors (Lipinski definition) is 1. The van der Waals surface area contributed by atoms with Crippen LogP contribution in [0.25, 0.3) is 0 Å². The molecule has 3 aromatic rings. The molecular weight excluding hydrogens is 402 g/mol. The fraction of sp³-hybridized carbons (Fsp3) is 0.125. The van der Waals surface area contributed by atoms with Gasteiger partial charge < -0.3 is 10.1 Å². The van der Waals surface area contributed by atoms with Gasteiger partial charge in [0.05, 0.1) is 11.6 Å². The number of halogens is 1. The van der Waals surface area contributed by atoms with Crippen LogP contribution in [0.2, 0.25) is 5.02 Å². The van der Waals surface area contributed by atoms with Gasteiger partial charge in [0.25, 0.3) is 5.91 Å². The van der Waals surface area contributed by atoms with Crippen LogP contribution in [0.15, 0.2) is 78.9 Å². The van der Waals surface area contributed by atoms with Crippen LogP contribution in [0.3, 0.4) is 0 Å². The van der Waals surface area contributed by atoms with Crippen LogP contribution < -0.4 is 5.32 Å². The zero-order chi connectivity index (χ0) is 21.5. The van der Waals surface area contributed by atoms with Crippen molar-refractivity contribution >= 4 is 29.3 Å². The lowest BCUT2D eigenvalue weighted by molar-refractivity contribution is -0.124. The van der Waals surface area contributed by atoms with Crippen molar-refractivity contribution in [2.75, 3.05) is 6.61 Å². The smallest absolute Gasteiger partial charge is 0.339 e. The lowest BCUT2D eigenvalue weighted by Crippen LogP contribution is -2.31. The molecule has 6 heteroatoms. The van der Waals surface area contributed by atoms with Crippen LogP contribution in [0.5, 0.6) is 0 Å². The van der Waals surface area contributed by atoms with Crippen LogP contribution in [-0.2, 0) is 9.53 Å². The summed E-state index contributed by atoms with van der Waals surface area (Å²) in [6, 6.07) is 21.9. The highest BCUT2D eigenvalue weighted by molar-refractivity contribution is 6.30. The number of nitrogens with one attached hydrogen (secondary N) is 1. The Bertz CT molecular complexity index is 1050. The van der Waals surface area contributed by atoms with Crippen molar-refractivity contribution in [3.05, 3.63) is 106 Å². The van der Waals surface area contributed by atoms with E-state index in [1.54, 1.807) is 60.7 Å². The van der Waals surface area contributed by atoms with Crippen LogP contribution in [-0.4, -0.2) is 24.3 Å². The quantitative estimate of drug-likeness (QED) is 0.447. The Morgan fingerprint density at radius 2 is 1.47 bits per heavy atom. The zero-order valence-corrected chi connectivity index (χ0v) is 17.1. The normalized spacial score (nSPS) is 11.4. The summed E-state index contributed by atoms with van der Waals surface area (Å²) >= 11 is 5.87. The molecule has 30 heavy (non-hydrogen) atoms. The van der Waals surface area contributed by atoms with Gasteiger partial charge in [-0.1, -0.05) is 72.3 Å². The van der Waals surface area contributed by atoms with E-state index in [-0.39, 0.29) is 23.0 Å². The van der Waals surface area contributed by atoms with Gasteiger partial charge in [0.1, 0.15) is 0 Å². The van der Waals surface area contributed by atoms with E-state index in [1.807, 2.05) is 19.1 Å². The topological polar surface area (TPSA) is 72.5 Å². The third kappa shape index (κ3) is 5.33. The second-order valence-electron chi connectivity index (χ2n) is 6.66. The minimum Gasteiger partial charge on any atom is -0.452 e. The molecule has 0 bridgehead atoms. The summed E-state index contributed by atoms with van der Waals surface area (Å²) in [5.41, 5.74) is 1.68. The Morgan fingerprint density at radius 3 is 2.13 bits per heavy atom. The Labute approximate surface area is 179 Å². The van der Waals surface area contributed by atoms with Gasteiger partial charge in [0, 0.05) is 16.1 Å². The van der Waals surface area contributed by atoms with E-state index < -0.39 is 18.5 Å². The molecule has 152 valence electrons. The maximum Gasteiger partial charge on any atom is 0.339 e. The summed E-state index contributed by atoms with van der Waals surface area (Å²) in [6.07, 6.45) is 0. The van der Waals surface area contributed by atoms with Gasteiger partial charge >= 0.3 is 5.97 Å². The average Bonchev–Trinajstić information content (AvgIpc) is 2.78. The van der Waals surface area contributed by atoms with Crippen LogP contribution >= 0.6 is 11.6 Å². The molecule has 3 rings (SSSR count). The fourth-order valence-electron chi connectivity index (χ4n) is 2.93. The lowest BCUT2D eigenvalue weighted by atomic mass is 9.98. The number of amides is 1. The van der Waals surface area contributed by atoms with Gasteiger partial charge in [0.15, 0.2) is 12.4 Å². The number of rotatable bonds is 7. The zero-order valence-electron chi connectivity index (χ0n) is 16.3. The molecule has 3 aromatic carbocycles. The number of esters is 1. The molecule has 0 saturated heterocycles. The monoisotopic (exact) mass is 421 g/mol. The summed E-state index contributed by atoms with van der Waals surface area (Å²) in [5.74, 6) is -1.47. The molecular formula is C24H20ClNO4. The molecule has 0 aromatic heterocycles. The van der Waals surface area contributed by atoms with Crippen LogP contribution in [0.1, 0.15) is 44.8 Å². The molecule has 0 aliphatic rings. The highest BCUT2D eigenvalue weighted by atomic mass is 35.5. The number of ketones is 1. The molecule has 5 nitrogen and oxygen atoms in total. The Morgan fingerprint density at radius 1 is 0.867 bits per heavy atom. The first-order valence-corrected chi connectivity index (χ1v) is 9.74. The Hall–Kier alpha value is -3.44.